The molecule has 2 aromatic heterocycles. The number of amides is 1. The van der Waals surface area contributed by atoms with Crippen LogP contribution < -0.4 is 0 Å². The number of nitrogens with one attached hydrogen (secondary N) is 2. The van der Waals surface area contributed by atoms with Crippen LogP contribution >= 0.6 is 11.6 Å². The van der Waals surface area contributed by atoms with Gasteiger partial charge in [0.2, 0.25) is 0 Å². The third-order valence-electron chi connectivity index (χ3n) is 5.61. The summed E-state index contributed by atoms with van der Waals surface area (Å²) >= 11 is 6.01. The standard InChI is InChI=1S/C22H20ClN5O3S/c23-18-5-6-19-17(13-18)14-20(26-19)32(30,31)28-11-9-27(10-12-28)22(29)16-3-1-15(2-4-16)21-24-7-8-25-21/h1-8,13-14,26H,9-12H2,(H,24,25). The van der Waals surface area contributed by atoms with Gasteiger partial charge in [-0.1, -0.05) is 23.7 Å². The Balaban J connectivity index is 1.27. The Labute approximate surface area is 189 Å². The Morgan fingerprint density at radius 2 is 1.75 bits per heavy atom. The van der Waals surface area contributed by atoms with Crippen molar-refractivity contribution in [2.45, 2.75) is 5.03 Å². The van der Waals surface area contributed by atoms with Crippen molar-refractivity contribution < 1.29 is 13.2 Å². The van der Waals surface area contributed by atoms with Crippen molar-refractivity contribution in [1.82, 2.24) is 24.2 Å². The maximum absolute atomic E-state index is 13.1. The molecule has 1 fully saturated rings. The highest BCUT2D eigenvalue weighted by atomic mass is 35.5. The monoisotopic (exact) mass is 469 g/mol. The largest absolute Gasteiger partial charge is 0.345 e. The van der Waals surface area contributed by atoms with Gasteiger partial charge in [-0.3, -0.25) is 4.79 Å². The van der Waals surface area contributed by atoms with Crippen LogP contribution in [0.4, 0.5) is 0 Å². The van der Waals surface area contributed by atoms with Gasteiger partial charge in [0.25, 0.3) is 15.9 Å². The van der Waals surface area contributed by atoms with Crippen LogP contribution in [0.5, 0.6) is 0 Å². The first kappa shape index (κ1) is 20.7. The summed E-state index contributed by atoms with van der Waals surface area (Å²) < 4.78 is 27.6. The number of piperazine rings is 1. The van der Waals surface area contributed by atoms with E-state index in [1.807, 2.05) is 12.1 Å². The lowest BCUT2D eigenvalue weighted by atomic mass is 10.1. The first-order valence-electron chi connectivity index (χ1n) is 10.1. The van der Waals surface area contributed by atoms with Crippen molar-refractivity contribution in [2.24, 2.45) is 0 Å². The fourth-order valence-electron chi connectivity index (χ4n) is 3.86. The molecule has 1 saturated heterocycles. The van der Waals surface area contributed by atoms with E-state index < -0.39 is 10.0 Å². The molecule has 10 heteroatoms. The quantitative estimate of drug-likeness (QED) is 0.478. The van der Waals surface area contributed by atoms with E-state index in [-0.39, 0.29) is 24.0 Å². The highest BCUT2D eigenvalue weighted by molar-refractivity contribution is 7.89. The van der Waals surface area contributed by atoms with Crippen molar-refractivity contribution in [3.63, 3.8) is 0 Å². The molecule has 1 aliphatic heterocycles. The summed E-state index contributed by atoms with van der Waals surface area (Å²) in [6, 6.07) is 14.0. The first-order valence-corrected chi connectivity index (χ1v) is 11.9. The number of halogens is 1. The number of nitrogens with zero attached hydrogens (tertiary/aromatic N) is 3. The number of fused-ring (bicyclic) bond motifs is 1. The molecule has 0 spiro atoms. The number of carbonyl (C=O) groups is 1. The molecule has 1 aliphatic rings. The first-order chi connectivity index (χ1) is 15.4. The molecule has 8 nitrogen and oxygen atoms in total. The molecule has 0 radical (unpaired) electrons. The average Bonchev–Trinajstić information content (AvgIpc) is 3.49. The topological polar surface area (TPSA) is 102 Å². The van der Waals surface area contributed by atoms with Crippen molar-refractivity contribution in [1.29, 1.82) is 0 Å². The van der Waals surface area contributed by atoms with Gasteiger partial charge in [0, 0.05) is 65.6 Å². The van der Waals surface area contributed by atoms with Crippen LogP contribution in [0.3, 0.4) is 0 Å². The number of hydrogen-bond donors (Lipinski definition) is 2. The lowest BCUT2D eigenvalue weighted by Crippen LogP contribution is -2.50. The Morgan fingerprint density at radius 1 is 1.00 bits per heavy atom. The maximum atomic E-state index is 13.1. The van der Waals surface area contributed by atoms with Crippen molar-refractivity contribution >= 4 is 38.4 Å². The molecule has 0 bridgehead atoms. The van der Waals surface area contributed by atoms with Gasteiger partial charge in [-0.25, -0.2) is 13.4 Å². The highest BCUT2D eigenvalue weighted by Crippen LogP contribution is 2.25. The second kappa shape index (κ2) is 8.09. The molecule has 2 aromatic carbocycles. The molecule has 0 atom stereocenters. The third kappa shape index (κ3) is 3.79. The Morgan fingerprint density at radius 3 is 2.44 bits per heavy atom. The van der Waals surface area contributed by atoms with Crippen LogP contribution in [0.25, 0.3) is 22.3 Å². The van der Waals surface area contributed by atoms with Crippen molar-refractivity contribution in [3.8, 4) is 11.4 Å². The average molecular weight is 470 g/mol. The predicted molar refractivity (Wildman–Crippen MR) is 122 cm³/mol. The summed E-state index contributed by atoms with van der Waals surface area (Å²) in [7, 11) is -3.69. The van der Waals surface area contributed by atoms with Gasteiger partial charge in [0.1, 0.15) is 10.9 Å². The molecule has 0 unspecified atom stereocenters. The minimum Gasteiger partial charge on any atom is -0.345 e. The lowest BCUT2D eigenvalue weighted by molar-refractivity contribution is 0.0698. The zero-order chi connectivity index (χ0) is 22.3. The number of rotatable bonds is 4. The summed E-state index contributed by atoms with van der Waals surface area (Å²) in [4.78, 5) is 24.8. The Bertz CT molecular complexity index is 1370. The number of carbonyl (C=O) groups excluding carboxylic acids is 1. The minimum absolute atomic E-state index is 0.117. The molecular formula is C22H20ClN5O3S. The van der Waals surface area contributed by atoms with E-state index in [0.717, 1.165) is 16.8 Å². The van der Waals surface area contributed by atoms with Crippen LogP contribution in [0.1, 0.15) is 10.4 Å². The minimum atomic E-state index is -3.69. The van der Waals surface area contributed by atoms with Gasteiger partial charge in [0.15, 0.2) is 0 Å². The van der Waals surface area contributed by atoms with E-state index >= 15 is 0 Å². The van der Waals surface area contributed by atoms with Crippen molar-refractivity contribution in [3.05, 3.63) is 71.5 Å². The molecular weight excluding hydrogens is 450 g/mol. The van der Waals surface area contributed by atoms with Gasteiger partial charge in [-0.15, -0.1) is 0 Å². The van der Waals surface area contributed by atoms with Gasteiger partial charge in [0.05, 0.1) is 0 Å². The fraction of sp³-hybridized carbons (Fsp3) is 0.182. The normalized spacial score (nSPS) is 15.3. The van der Waals surface area contributed by atoms with Gasteiger partial charge in [-0.2, -0.15) is 4.31 Å². The van der Waals surface area contributed by atoms with Gasteiger partial charge >= 0.3 is 0 Å². The van der Waals surface area contributed by atoms with Crippen LogP contribution in [-0.2, 0) is 10.0 Å². The number of H-pyrrole nitrogens is 2. The van der Waals surface area contributed by atoms with E-state index in [4.69, 9.17) is 11.6 Å². The summed E-state index contributed by atoms with van der Waals surface area (Å²) in [5.41, 5.74) is 2.16. The summed E-state index contributed by atoms with van der Waals surface area (Å²) in [5, 5.41) is 1.41. The fourth-order valence-corrected chi connectivity index (χ4v) is 5.48. The maximum Gasteiger partial charge on any atom is 0.258 e. The zero-order valence-electron chi connectivity index (χ0n) is 17.0. The number of benzene rings is 2. The molecule has 4 aromatic rings. The second-order valence-electron chi connectivity index (χ2n) is 7.58. The van der Waals surface area contributed by atoms with E-state index in [9.17, 15) is 13.2 Å². The molecule has 5 rings (SSSR count). The SMILES string of the molecule is O=C(c1ccc(-c2ncc[nH]2)cc1)N1CCN(S(=O)(=O)c2cc3cc(Cl)ccc3[nH]2)CC1. The summed E-state index contributed by atoms with van der Waals surface area (Å²) in [5.74, 6) is 0.621. The molecule has 32 heavy (non-hydrogen) atoms. The lowest BCUT2D eigenvalue weighted by Gasteiger charge is -2.33. The molecule has 0 saturated carbocycles. The van der Waals surface area contributed by atoms with Gasteiger partial charge in [-0.05, 0) is 36.4 Å². The third-order valence-corrected chi connectivity index (χ3v) is 7.66. The smallest absolute Gasteiger partial charge is 0.258 e. The van der Waals surface area contributed by atoms with E-state index in [1.165, 1.54) is 4.31 Å². The van der Waals surface area contributed by atoms with E-state index in [2.05, 4.69) is 15.0 Å². The second-order valence-corrected chi connectivity index (χ2v) is 9.92. The van der Waals surface area contributed by atoms with E-state index in [1.54, 1.807) is 53.7 Å². The Kier molecular flexibility index (Phi) is 5.24. The Hall–Kier alpha value is -3.14. The summed E-state index contributed by atoms with van der Waals surface area (Å²) in [6.07, 6.45) is 3.42. The number of hydrogen-bond acceptors (Lipinski definition) is 4. The van der Waals surface area contributed by atoms with Crippen LogP contribution in [-0.4, -0.2) is 64.7 Å². The van der Waals surface area contributed by atoms with Crippen LogP contribution in [0, 0.1) is 0 Å². The highest BCUT2D eigenvalue weighted by Gasteiger charge is 2.31. The zero-order valence-corrected chi connectivity index (χ0v) is 18.5. The number of aromatic nitrogens is 3. The van der Waals surface area contributed by atoms with Crippen molar-refractivity contribution in [2.75, 3.05) is 26.2 Å². The van der Waals surface area contributed by atoms with E-state index in [0.29, 0.717) is 29.2 Å². The van der Waals surface area contributed by atoms with Gasteiger partial charge < -0.3 is 14.9 Å². The molecule has 2 N–H and O–H groups in total. The van der Waals surface area contributed by atoms with Crippen LogP contribution in [0.15, 0.2) is 66.0 Å². The predicted octanol–water partition coefficient (Wildman–Crippen LogP) is 3.36. The number of aromatic amines is 2. The number of imidazole rings is 1. The molecule has 0 aliphatic carbocycles. The molecule has 3 heterocycles. The summed E-state index contributed by atoms with van der Waals surface area (Å²) in [6.45, 7) is 1.11. The molecule has 1 amide bonds. The number of sulfonamides is 1. The van der Waals surface area contributed by atoms with Crippen LogP contribution in [0.2, 0.25) is 5.02 Å². The molecule has 164 valence electrons.